The molecule has 0 unspecified atom stereocenters. The Bertz CT molecular complexity index is 1020. The number of carbonyl (C=O) groups excluding carboxylic acids is 2. The number of nitrogens with one attached hydrogen (secondary N) is 1. The highest BCUT2D eigenvalue weighted by atomic mass is 32.2. The summed E-state index contributed by atoms with van der Waals surface area (Å²) in [6, 6.07) is 12.6. The number of sulfone groups is 1. The molecule has 2 aliphatic rings. The van der Waals surface area contributed by atoms with Gasteiger partial charge in [0.2, 0.25) is 9.84 Å². The fourth-order valence-corrected chi connectivity index (χ4v) is 6.05. The maximum atomic E-state index is 12.7. The Morgan fingerprint density at radius 3 is 2.21 bits per heavy atom. The number of benzene rings is 2. The van der Waals surface area contributed by atoms with Gasteiger partial charge >= 0.3 is 6.03 Å². The van der Waals surface area contributed by atoms with Gasteiger partial charge in [0.25, 0.3) is 5.91 Å². The highest BCUT2D eigenvalue weighted by Gasteiger charge is 2.52. The predicted molar refractivity (Wildman–Crippen MR) is 107 cm³/mol. The Balaban J connectivity index is 1.53. The van der Waals surface area contributed by atoms with Gasteiger partial charge in [-0.15, -0.1) is 0 Å². The number of nitrogens with zero attached hydrogens (tertiary/aromatic N) is 1. The van der Waals surface area contributed by atoms with Crippen LogP contribution in [0.15, 0.2) is 58.3 Å². The summed E-state index contributed by atoms with van der Waals surface area (Å²) in [6.07, 6.45) is 0.645. The van der Waals surface area contributed by atoms with Crippen LogP contribution < -0.4 is 5.32 Å². The molecule has 1 N–H and O–H groups in total. The number of imide groups is 1. The lowest BCUT2D eigenvalue weighted by Crippen LogP contribution is -2.46. The van der Waals surface area contributed by atoms with Gasteiger partial charge in [0.1, 0.15) is 5.54 Å². The van der Waals surface area contributed by atoms with Gasteiger partial charge in [0.05, 0.1) is 16.3 Å². The van der Waals surface area contributed by atoms with Crippen molar-refractivity contribution in [1.29, 1.82) is 0 Å². The molecule has 0 aromatic heterocycles. The molecule has 1 atom stereocenters. The molecule has 146 valence electrons. The van der Waals surface area contributed by atoms with E-state index in [9.17, 15) is 18.0 Å². The minimum absolute atomic E-state index is 0.127. The van der Waals surface area contributed by atoms with Gasteiger partial charge in [-0.1, -0.05) is 29.8 Å². The number of urea groups is 1. The minimum atomic E-state index is -3.60. The first-order valence-corrected chi connectivity index (χ1v) is 11.6. The zero-order valence-corrected chi connectivity index (χ0v) is 17.0. The van der Waals surface area contributed by atoms with E-state index in [4.69, 9.17) is 0 Å². The standard InChI is InChI=1S/C20H20N2O4S2/c1-14-2-6-16(7-3-14)28(25,26)17-8-4-15(5-9-17)12-22-18(23)20(21-19(22)24)10-11-27-13-20/h2-9H,10-13H2,1H3,(H,21,24)/t20-/m0/s1. The first-order chi connectivity index (χ1) is 13.3. The van der Waals surface area contributed by atoms with Crippen LogP contribution in [-0.2, 0) is 21.2 Å². The van der Waals surface area contributed by atoms with E-state index in [-0.39, 0.29) is 28.3 Å². The van der Waals surface area contributed by atoms with E-state index < -0.39 is 15.4 Å². The molecule has 0 bridgehead atoms. The topological polar surface area (TPSA) is 83.6 Å². The number of amides is 3. The predicted octanol–water partition coefficient (Wildman–Crippen LogP) is 2.76. The van der Waals surface area contributed by atoms with E-state index >= 15 is 0 Å². The summed E-state index contributed by atoms with van der Waals surface area (Å²) in [5.41, 5.74) is 0.923. The molecule has 6 nitrogen and oxygen atoms in total. The lowest BCUT2D eigenvalue weighted by atomic mass is 9.99. The molecule has 2 heterocycles. The molecule has 1 spiro atoms. The molecule has 8 heteroatoms. The van der Waals surface area contributed by atoms with Crippen molar-refractivity contribution in [3.63, 3.8) is 0 Å². The van der Waals surface area contributed by atoms with Crippen molar-refractivity contribution in [2.45, 2.75) is 35.2 Å². The molecule has 4 rings (SSSR count). The van der Waals surface area contributed by atoms with Gasteiger partial charge < -0.3 is 5.32 Å². The van der Waals surface area contributed by atoms with Crippen LogP contribution in [0.2, 0.25) is 0 Å². The number of thioether (sulfide) groups is 1. The van der Waals surface area contributed by atoms with Crippen LogP contribution in [0, 0.1) is 6.92 Å². The van der Waals surface area contributed by atoms with Crippen molar-refractivity contribution in [2.24, 2.45) is 0 Å². The van der Waals surface area contributed by atoms with Crippen molar-refractivity contribution < 1.29 is 18.0 Å². The molecular weight excluding hydrogens is 396 g/mol. The number of aryl methyl sites for hydroxylation is 1. The number of hydrogen-bond donors (Lipinski definition) is 1. The average Bonchev–Trinajstić information content (AvgIpc) is 3.23. The second-order valence-corrected chi connectivity index (χ2v) is 10.2. The fraction of sp³-hybridized carbons (Fsp3) is 0.300. The van der Waals surface area contributed by atoms with Crippen LogP contribution in [0.3, 0.4) is 0 Å². The van der Waals surface area contributed by atoms with E-state index in [1.165, 1.54) is 17.0 Å². The molecule has 28 heavy (non-hydrogen) atoms. The Morgan fingerprint density at radius 2 is 1.64 bits per heavy atom. The third kappa shape index (κ3) is 3.20. The van der Waals surface area contributed by atoms with E-state index in [1.807, 2.05) is 6.92 Å². The molecule has 0 aliphatic carbocycles. The summed E-state index contributed by atoms with van der Waals surface area (Å²) in [4.78, 5) is 26.6. The van der Waals surface area contributed by atoms with Gasteiger partial charge in [-0.25, -0.2) is 13.2 Å². The average molecular weight is 417 g/mol. The van der Waals surface area contributed by atoms with Crippen LogP contribution in [0.25, 0.3) is 0 Å². The number of carbonyl (C=O) groups is 2. The van der Waals surface area contributed by atoms with E-state index in [2.05, 4.69) is 5.32 Å². The first-order valence-electron chi connectivity index (χ1n) is 8.94. The van der Waals surface area contributed by atoms with Crippen LogP contribution in [0.5, 0.6) is 0 Å². The monoisotopic (exact) mass is 416 g/mol. The summed E-state index contributed by atoms with van der Waals surface area (Å²) in [7, 11) is -3.60. The zero-order valence-electron chi connectivity index (χ0n) is 15.3. The maximum absolute atomic E-state index is 12.7. The maximum Gasteiger partial charge on any atom is 0.325 e. The Labute approximate surface area is 168 Å². The second-order valence-electron chi connectivity index (χ2n) is 7.17. The van der Waals surface area contributed by atoms with E-state index in [1.54, 1.807) is 48.2 Å². The van der Waals surface area contributed by atoms with Crippen molar-refractivity contribution in [2.75, 3.05) is 11.5 Å². The summed E-state index contributed by atoms with van der Waals surface area (Å²) in [5, 5.41) is 2.83. The number of hydrogen-bond acceptors (Lipinski definition) is 5. The summed E-state index contributed by atoms with van der Waals surface area (Å²) >= 11 is 1.66. The van der Waals surface area contributed by atoms with Crippen LogP contribution in [-0.4, -0.2) is 42.3 Å². The second kappa shape index (κ2) is 6.93. The molecule has 2 aromatic rings. The zero-order chi connectivity index (χ0) is 19.9. The highest BCUT2D eigenvalue weighted by molar-refractivity contribution is 7.99. The normalized spacial score (nSPS) is 22.1. The Hall–Kier alpha value is -2.32. The van der Waals surface area contributed by atoms with Crippen molar-refractivity contribution in [3.05, 3.63) is 59.7 Å². The van der Waals surface area contributed by atoms with Crippen LogP contribution >= 0.6 is 11.8 Å². The minimum Gasteiger partial charge on any atom is -0.322 e. The third-order valence-electron chi connectivity index (χ3n) is 5.17. The summed E-state index contributed by atoms with van der Waals surface area (Å²) in [5.74, 6) is 1.26. The SMILES string of the molecule is Cc1ccc(S(=O)(=O)c2ccc(CN3C(=O)N[C@]4(CCSC4)C3=O)cc2)cc1. The Morgan fingerprint density at radius 1 is 1.04 bits per heavy atom. The smallest absolute Gasteiger partial charge is 0.322 e. The quantitative estimate of drug-likeness (QED) is 0.775. The number of rotatable bonds is 4. The van der Waals surface area contributed by atoms with E-state index in [0.29, 0.717) is 17.7 Å². The third-order valence-corrected chi connectivity index (χ3v) is 8.15. The largest absolute Gasteiger partial charge is 0.325 e. The van der Waals surface area contributed by atoms with E-state index in [0.717, 1.165) is 11.3 Å². The van der Waals surface area contributed by atoms with Gasteiger partial charge in [-0.2, -0.15) is 11.8 Å². The molecular formula is C20H20N2O4S2. The first kappa shape index (κ1) is 19.0. The summed E-state index contributed by atoms with van der Waals surface area (Å²) < 4.78 is 25.5. The van der Waals surface area contributed by atoms with Gasteiger partial charge in [-0.3, -0.25) is 9.69 Å². The molecule has 2 aromatic carbocycles. The van der Waals surface area contributed by atoms with Crippen LogP contribution in [0.1, 0.15) is 17.5 Å². The molecule has 0 saturated carbocycles. The van der Waals surface area contributed by atoms with Gasteiger partial charge in [0, 0.05) is 5.75 Å². The summed E-state index contributed by atoms with van der Waals surface area (Å²) in [6.45, 7) is 2.03. The molecule has 2 saturated heterocycles. The van der Waals surface area contributed by atoms with Gasteiger partial charge in [0.15, 0.2) is 0 Å². The highest BCUT2D eigenvalue weighted by Crippen LogP contribution is 2.34. The van der Waals surface area contributed by atoms with Gasteiger partial charge in [-0.05, 0) is 48.9 Å². The Kier molecular flexibility index (Phi) is 4.71. The lowest BCUT2D eigenvalue weighted by molar-refractivity contribution is -0.130. The van der Waals surface area contributed by atoms with Crippen LogP contribution in [0.4, 0.5) is 4.79 Å². The van der Waals surface area contributed by atoms with Crippen molar-refractivity contribution >= 4 is 33.5 Å². The lowest BCUT2D eigenvalue weighted by Gasteiger charge is -2.19. The molecule has 2 aliphatic heterocycles. The van der Waals surface area contributed by atoms with Crippen molar-refractivity contribution in [1.82, 2.24) is 10.2 Å². The van der Waals surface area contributed by atoms with Crippen molar-refractivity contribution in [3.8, 4) is 0 Å². The molecule has 3 amide bonds. The molecule has 0 radical (unpaired) electrons. The molecule has 2 fully saturated rings. The fourth-order valence-electron chi connectivity index (χ4n) is 3.46.